The van der Waals surface area contributed by atoms with E-state index in [4.69, 9.17) is 10.3 Å². The lowest BCUT2D eigenvalue weighted by molar-refractivity contribution is -0.125. The lowest BCUT2D eigenvalue weighted by Crippen LogP contribution is -2.44. The van der Waals surface area contributed by atoms with Gasteiger partial charge >= 0.3 is 5.69 Å². The molecule has 20 heavy (non-hydrogen) atoms. The van der Waals surface area contributed by atoms with E-state index >= 15 is 0 Å². The summed E-state index contributed by atoms with van der Waals surface area (Å²) >= 11 is 0. The van der Waals surface area contributed by atoms with E-state index in [-0.39, 0.29) is 0 Å². The summed E-state index contributed by atoms with van der Waals surface area (Å²) in [5.41, 5.74) is 4.79. The molecule has 1 aromatic heterocycles. The Bertz CT molecular complexity index is 663. The zero-order valence-electron chi connectivity index (χ0n) is 9.95. The van der Waals surface area contributed by atoms with Gasteiger partial charge in [0.1, 0.15) is 12.2 Å². The molecule has 0 saturated carbocycles. The number of H-pyrrole nitrogens is 1. The third kappa shape index (κ3) is 2.09. The molecule has 0 unspecified atom stereocenters. The summed E-state index contributed by atoms with van der Waals surface area (Å²) in [5.74, 6) is 0. The number of hydrogen-bond donors (Lipinski definition) is 4. The van der Waals surface area contributed by atoms with Crippen LogP contribution in [-0.2, 0) is 4.74 Å². The first-order valence-corrected chi connectivity index (χ1v) is 5.48. The Morgan fingerprint density at radius 2 is 2.25 bits per heavy atom. The molecule has 1 aromatic rings. The van der Waals surface area contributed by atoms with Crippen LogP contribution in [0.1, 0.15) is 6.23 Å². The number of aromatic nitrogens is 2. The molecule has 0 aliphatic carbocycles. The summed E-state index contributed by atoms with van der Waals surface area (Å²) in [6, 6.07) is 1.01. The first kappa shape index (κ1) is 14.2. The minimum Gasteiger partial charge on any atom is -0.393 e. The van der Waals surface area contributed by atoms with Crippen LogP contribution in [0.15, 0.2) is 27.0 Å². The maximum Gasteiger partial charge on any atom is 0.330 e. The highest BCUT2D eigenvalue weighted by Gasteiger charge is 2.54. The van der Waals surface area contributed by atoms with Crippen LogP contribution in [0.4, 0.5) is 0 Å². The van der Waals surface area contributed by atoms with Gasteiger partial charge in [0.2, 0.25) is 5.72 Å². The molecule has 4 atom stereocenters. The fourth-order valence-electron chi connectivity index (χ4n) is 1.94. The average Bonchev–Trinajstić information content (AvgIpc) is 2.65. The van der Waals surface area contributed by atoms with Crippen LogP contribution < -0.4 is 11.2 Å². The Morgan fingerprint density at radius 3 is 2.80 bits per heavy atom. The monoisotopic (exact) mass is 285 g/mol. The van der Waals surface area contributed by atoms with Gasteiger partial charge in [0, 0.05) is 17.2 Å². The van der Waals surface area contributed by atoms with E-state index in [9.17, 15) is 24.9 Å². The second-order valence-electron chi connectivity index (χ2n) is 4.15. The van der Waals surface area contributed by atoms with Gasteiger partial charge in [-0.3, -0.25) is 14.3 Å². The van der Waals surface area contributed by atoms with Gasteiger partial charge in [-0.15, -0.1) is 0 Å². The highest BCUT2D eigenvalue weighted by atomic mass is 16.6. The van der Waals surface area contributed by atoms with Crippen LogP contribution in [0.2, 0.25) is 0 Å². The standard InChI is InChI=1S/C9H11N5O6/c10-13-12-9(3-15)6(18)5(17)7(20-9)14-2-1-4(16)11-8(14)19/h1-2,5-7,15,17-18H,3H2,(H,11,16,19)/t5-,6-,7+,9+/m1/s1. The Balaban J connectivity index is 2.47. The van der Waals surface area contributed by atoms with Gasteiger partial charge in [-0.2, -0.15) is 0 Å². The minimum absolute atomic E-state index is 0.650. The van der Waals surface area contributed by atoms with Crippen molar-refractivity contribution in [1.29, 1.82) is 0 Å². The smallest absolute Gasteiger partial charge is 0.330 e. The van der Waals surface area contributed by atoms with Crippen LogP contribution >= 0.6 is 0 Å². The highest BCUT2D eigenvalue weighted by Crippen LogP contribution is 2.37. The second-order valence-corrected chi connectivity index (χ2v) is 4.15. The average molecular weight is 285 g/mol. The third-order valence-corrected chi connectivity index (χ3v) is 2.97. The van der Waals surface area contributed by atoms with E-state index in [0.717, 1.165) is 16.8 Å². The second kappa shape index (κ2) is 5.07. The van der Waals surface area contributed by atoms with E-state index in [1.807, 2.05) is 4.98 Å². The molecule has 4 N–H and O–H groups in total. The topological polar surface area (TPSA) is 174 Å². The molecule has 0 aromatic carbocycles. The van der Waals surface area contributed by atoms with Gasteiger partial charge < -0.3 is 20.1 Å². The van der Waals surface area contributed by atoms with Crippen LogP contribution in [0.25, 0.3) is 10.4 Å². The van der Waals surface area contributed by atoms with Crippen molar-refractivity contribution in [3.05, 3.63) is 43.5 Å². The van der Waals surface area contributed by atoms with E-state index in [1.165, 1.54) is 0 Å². The van der Waals surface area contributed by atoms with Gasteiger partial charge in [0.15, 0.2) is 6.23 Å². The summed E-state index contributed by atoms with van der Waals surface area (Å²) < 4.78 is 5.95. The molecule has 0 spiro atoms. The Labute approximate surface area is 110 Å². The van der Waals surface area contributed by atoms with Crippen molar-refractivity contribution in [1.82, 2.24) is 9.55 Å². The summed E-state index contributed by atoms with van der Waals surface area (Å²) in [4.78, 5) is 26.9. The molecular formula is C9H11N5O6. The summed E-state index contributed by atoms with van der Waals surface area (Å²) in [6.07, 6.45) is -3.76. The Morgan fingerprint density at radius 1 is 1.55 bits per heavy atom. The fraction of sp³-hybridized carbons (Fsp3) is 0.556. The largest absolute Gasteiger partial charge is 0.393 e. The van der Waals surface area contributed by atoms with Gasteiger partial charge in [0.05, 0.1) is 6.61 Å². The number of ether oxygens (including phenoxy) is 1. The van der Waals surface area contributed by atoms with Crippen molar-refractivity contribution in [2.75, 3.05) is 6.61 Å². The van der Waals surface area contributed by atoms with Crippen molar-refractivity contribution in [3.63, 3.8) is 0 Å². The van der Waals surface area contributed by atoms with Gasteiger partial charge in [-0.1, -0.05) is 5.11 Å². The van der Waals surface area contributed by atoms with Gasteiger partial charge in [-0.05, 0) is 5.53 Å². The maximum atomic E-state index is 11.6. The summed E-state index contributed by atoms with van der Waals surface area (Å²) in [5, 5.41) is 32.1. The lowest BCUT2D eigenvalue weighted by Gasteiger charge is -2.23. The quantitative estimate of drug-likeness (QED) is 0.278. The number of azide groups is 1. The molecule has 108 valence electrons. The Kier molecular flexibility index (Phi) is 3.61. The molecule has 1 aliphatic heterocycles. The number of hydrogen-bond acceptors (Lipinski definition) is 7. The molecule has 2 rings (SSSR count). The number of nitrogens with zero attached hydrogens (tertiary/aromatic N) is 4. The molecule has 1 fully saturated rings. The van der Waals surface area contributed by atoms with Crippen molar-refractivity contribution in [2.45, 2.75) is 24.2 Å². The molecule has 1 aliphatic rings. The number of aliphatic hydroxyl groups excluding tert-OH is 3. The molecule has 0 bridgehead atoms. The van der Waals surface area contributed by atoms with E-state index in [0.29, 0.717) is 0 Å². The molecule has 0 radical (unpaired) electrons. The summed E-state index contributed by atoms with van der Waals surface area (Å²) in [7, 11) is 0. The zero-order chi connectivity index (χ0) is 14.9. The van der Waals surface area contributed by atoms with Crippen molar-refractivity contribution >= 4 is 0 Å². The van der Waals surface area contributed by atoms with E-state index < -0.39 is 42.0 Å². The number of aliphatic hydroxyl groups is 3. The van der Waals surface area contributed by atoms with Gasteiger partial charge in [-0.25, -0.2) is 4.79 Å². The molecule has 11 nitrogen and oxygen atoms in total. The summed E-state index contributed by atoms with van der Waals surface area (Å²) in [6.45, 7) is -0.899. The number of nitrogens with one attached hydrogen (secondary N) is 1. The number of rotatable bonds is 3. The minimum atomic E-state index is -2.10. The van der Waals surface area contributed by atoms with Crippen LogP contribution in [0.5, 0.6) is 0 Å². The fourth-order valence-corrected chi connectivity index (χ4v) is 1.94. The molecule has 2 heterocycles. The molecule has 11 heteroatoms. The van der Waals surface area contributed by atoms with E-state index in [1.54, 1.807) is 0 Å². The van der Waals surface area contributed by atoms with Crippen molar-refractivity contribution in [3.8, 4) is 0 Å². The predicted octanol–water partition coefficient (Wildman–Crippen LogP) is -2.21. The lowest BCUT2D eigenvalue weighted by atomic mass is 10.1. The first-order valence-electron chi connectivity index (χ1n) is 5.48. The SMILES string of the molecule is [N-]=[N+]=N[C@@]1(CO)O[C@H](n2ccc(=O)[nH]c2=O)[C@H](O)[C@H]1O. The number of aromatic amines is 1. The molecular weight excluding hydrogens is 274 g/mol. The van der Waals surface area contributed by atoms with Gasteiger partial charge in [0.25, 0.3) is 5.56 Å². The normalized spacial score (nSPS) is 32.9. The maximum absolute atomic E-state index is 11.6. The van der Waals surface area contributed by atoms with Crippen molar-refractivity contribution < 1.29 is 20.1 Å². The van der Waals surface area contributed by atoms with Crippen LogP contribution in [-0.4, -0.2) is 49.4 Å². The molecule has 0 amide bonds. The Hall–Kier alpha value is -2.17. The highest BCUT2D eigenvalue weighted by molar-refractivity contribution is 5.00. The van der Waals surface area contributed by atoms with Crippen molar-refractivity contribution in [2.24, 2.45) is 5.11 Å². The molecule has 1 saturated heterocycles. The predicted molar refractivity (Wildman–Crippen MR) is 62.4 cm³/mol. The van der Waals surface area contributed by atoms with Crippen LogP contribution in [0, 0.1) is 0 Å². The first-order chi connectivity index (χ1) is 9.45. The van der Waals surface area contributed by atoms with E-state index in [2.05, 4.69) is 10.0 Å². The van der Waals surface area contributed by atoms with Crippen LogP contribution in [0.3, 0.4) is 0 Å². The third-order valence-electron chi connectivity index (χ3n) is 2.97. The zero-order valence-corrected chi connectivity index (χ0v) is 9.95.